The van der Waals surface area contributed by atoms with Crippen molar-refractivity contribution < 1.29 is 0 Å². The van der Waals surface area contributed by atoms with E-state index in [0.717, 1.165) is 18.5 Å². The zero-order valence-corrected chi connectivity index (χ0v) is 11.5. The third kappa shape index (κ3) is 2.41. The van der Waals surface area contributed by atoms with E-state index in [-0.39, 0.29) is 0 Å². The molecule has 1 aliphatic rings. The minimum Gasteiger partial charge on any atom is -0.399 e. The highest BCUT2D eigenvalue weighted by atomic mass is 32.2. The first-order chi connectivity index (χ1) is 9.28. The van der Waals surface area contributed by atoms with Crippen LogP contribution in [0.2, 0.25) is 0 Å². The Bertz CT molecular complexity index is 610. The van der Waals surface area contributed by atoms with Crippen molar-refractivity contribution in [2.45, 2.75) is 22.6 Å². The van der Waals surface area contributed by atoms with Crippen LogP contribution in [0.15, 0.2) is 46.2 Å². The Balaban J connectivity index is 2.02. The van der Waals surface area contributed by atoms with Crippen LogP contribution >= 0.6 is 11.8 Å². The molecule has 5 N–H and O–H groups in total. The second kappa shape index (κ2) is 5.15. The maximum absolute atomic E-state index is 6.00. The highest BCUT2D eigenvalue weighted by Gasteiger charge is 2.18. The Labute approximate surface area is 117 Å². The molecule has 2 aromatic rings. The molecule has 0 aromatic heterocycles. The van der Waals surface area contributed by atoms with Crippen LogP contribution in [0, 0.1) is 0 Å². The van der Waals surface area contributed by atoms with Crippen LogP contribution in [-0.2, 0) is 6.42 Å². The van der Waals surface area contributed by atoms with E-state index < -0.39 is 0 Å². The van der Waals surface area contributed by atoms with Crippen LogP contribution in [-0.4, -0.2) is 6.54 Å². The van der Waals surface area contributed by atoms with Gasteiger partial charge >= 0.3 is 0 Å². The first kappa shape index (κ1) is 12.4. The molecule has 3 nitrogen and oxygen atoms in total. The van der Waals surface area contributed by atoms with Crippen molar-refractivity contribution in [2.75, 3.05) is 17.6 Å². The summed E-state index contributed by atoms with van der Waals surface area (Å²) in [4.78, 5) is 2.44. The fourth-order valence-corrected chi connectivity index (χ4v) is 3.41. The van der Waals surface area contributed by atoms with Gasteiger partial charge in [-0.3, -0.25) is 0 Å². The van der Waals surface area contributed by atoms with Gasteiger partial charge < -0.3 is 16.8 Å². The number of nitrogens with one attached hydrogen (secondary N) is 1. The lowest BCUT2D eigenvalue weighted by Crippen LogP contribution is -2.07. The second-order valence-electron chi connectivity index (χ2n) is 4.67. The van der Waals surface area contributed by atoms with Crippen molar-refractivity contribution in [3.8, 4) is 0 Å². The fourth-order valence-electron chi connectivity index (χ4n) is 2.32. The monoisotopic (exact) mass is 271 g/mol. The van der Waals surface area contributed by atoms with Gasteiger partial charge in [-0.05, 0) is 49.2 Å². The Hall–Kier alpha value is -1.65. The predicted octanol–water partition coefficient (Wildman–Crippen LogP) is 3.37. The van der Waals surface area contributed by atoms with Crippen molar-refractivity contribution >= 4 is 28.8 Å². The lowest BCUT2D eigenvalue weighted by Gasteiger charge is -2.24. The first-order valence-electron chi connectivity index (χ1n) is 6.44. The number of nitrogen functional groups attached to an aromatic ring is 1. The van der Waals surface area contributed by atoms with E-state index in [0.29, 0.717) is 6.54 Å². The molecule has 0 bridgehead atoms. The fraction of sp³-hybridized carbons (Fsp3) is 0.200. The largest absolute Gasteiger partial charge is 0.399 e. The molecule has 0 amide bonds. The second-order valence-corrected chi connectivity index (χ2v) is 5.75. The van der Waals surface area contributed by atoms with Crippen molar-refractivity contribution in [3.05, 3.63) is 42.0 Å². The zero-order chi connectivity index (χ0) is 13.2. The number of aryl methyl sites for hydroxylation is 1. The summed E-state index contributed by atoms with van der Waals surface area (Å²) in [5, 5.41) is 3.53. The van der Waals surface area contributed by atoms with E-state index >= 15 is 0 Å². The van der Waals surface area contributed by atoms with Crippen molar-refractivity contribution in [1.82, 2.24) is 0 Å². The number of para-hydroxylation sites is 1. The minimum atomic E-state index is 0.702. The number of nitrogens with two attached hydrogens (primary N) is 2. The highest BCUT2D eigenvalue weighted by molar-refractivity contribution is 7.99. The molecule has 1 aliphatic heterocycles. The van der Waals surface area contributed by atoms with Gasteiger partial charge in [-0.2, -0.15) is 0 Å². The van der Waals surface area contributed by atoms with Gasteiger partial charge in [-0.15, -0.1) is 0 Å². The van der Waals surface area contributed by atoms with E-state index in [1.54, 1.807) is 11.8 Å². The SMILES string of the molecule is NCCCc1cc(N)cc2c1Nc1ccccc1S2. The van der Waals surface area contributed by atoms with Gasteiger partial charge in [-0.1, -0.05) is 23.9 Å². The molecule has 0 saturated carbocycles. The quantitative estimate of drug-likeness (QED) is 0.639. The average Bonchev–Trinajstić information content (AvgIpc) is 2.42. The Morgan fingerprint density at radius 3 is 2.79 bits per heavy atom. The molecule has 1 heterocycles. The average molecular weight is 271 g/mol. The Kier molecular flexibility index (Phi) is 3.36. The van der Waals surface area contributed by atoms with Gasteiger partial charge in [0, 0.05) is 15.5 Å². The lowest BCUT2D eigenvalue weighted by atomic mass is 10.1. The standard InChI is InChI=1S/C15H17N3S/c16-7-3-4-10-8-11(17)9-14-15(10)18-12-5-1-2-6-13(12)19-14/h1-2,5-6,8-9,18H,3-4,7,16-17H2. The van der Waals surface area contributed by atoms with E-state index in [1.807, 2.05) is 12.1 Å². The highest BCUT2D eigenvalue weighted by Crippen LogP contribution is 2.46. The summed E-state index contributed by atoms with van der Waals surface area (Å²) in [6.45, 7) is 0.702. The Morgan fingerprint density at radius 1 is 1.11 bits per heavy atom. The van der Waals surface area contributed by atoms with Gasteiger partial charge in [0.2, 0.25) is 0 Å². The summed E-state index contributed by atoms with van der Waals surface area (Å²) < 4.78 is 0. The minimum absolute atomic E-state index is 0.702. The third-order valence-electron chi connectivity index (χ3n) is 3.22. The number of anilines is 3. The van der Waals surface area contributed by atoms with E-state index in [4.69, 9.17) is 11.5 Å². The summed E-state index contributed by atoms with van der Waals surface area (Å²) in [5.74, 6) is 0. The molecule has 0 unspecified atom stereocenters. The molecule has 0 spiro atoms. The van der Waals surface area contributed by atoms with Gasteiger partial charge in [0.1, 0.15) is 0 Å². The molecule has 2 aromatic carbocycles. The number of benzene rings is 2. The summed E-state index contributed by atoms with van der Waals surface area (Å²) >= 11 is 1.77. The molecule has 0 fully saturated rings. The van der Waals surface area contributed by atoms with Crippen molar-refractivity contribution in [3.63, 3.8) is 0 Å². The smallest absolute Gasteiger partial charge is 0.0560 e. The zero-order valence-electron chi connectivity index (χ0n) is 10.6. The molecule has 19 heavy (non-hydrogen) atoms. The number of hydrogen-bond donors (Lipinski definition) is 3. The topological polar surface area (TPSA) is 64.1 Å². The van der Waals surface area contributed by atoms with Crippen LogP contribution in [0.1, 0.15) is 12.0 Å². The maximum Gasteiger partial charge on any atom is 0.0560 e. The summed E-state index contributed by atoms with van der Waals surface area (Å²) in [6, 6.07) is 12.4. The number of rotatable bonds is 3. The lowest BCUT2D eigenvalue weighted by molar-refractivity contribution is 0.832. The molecular weight excluding hydrogens is 254 g/mol. The van der Waals surface area contributed by atoms with Crippen LogP contribution in [0.5, 0.6) is 0 Å². The summed E-state index contributed by atoms with van der Waals surface area (Å²) in [5.41, 5.74) is 16.0. The molecule has 0 aliphatic carbocycles. The third-order valence-corrected chi connectivity index (χ3v) is 4.34. The van der Waals surface area contributed by atoms with Gasteiger partial charge in [-0.25, -0.2) is 0 Å². The van der Waals surface area contributed by atoms with Crippen LogP contribution in [0.4, 0.5) is 17.1 Å². The van der Waals surface area contributed by atoms with Gasteiger partial charge in [0.15, 0.2) is 0 Å². The van der Waals surface area contributed by atoms with Gasteiger partial charge in [0.25, 0.3) is 0 Å². The van der Waals surface area contributed by atoms with Crippen molar-refractivity contribution in [2.24, 2.45) is 5.73 Å². The molecule has 4 heteroatoms. The first-order valence-corrected chi connectivity index (χ1v) is 7.26. The molecule has 0 atom stereocenters. The molecule has 0 radical (unpaired) electrons. The molecule has 0 saturated heterocycles. The predicted molar refractivity (Wildman–Crippen MR) is 82.1 cm³/mol. The Morgan fingerprint density at radius 2 is 1.95 bits per heavy atom. The molecule has 3 rings (SSSR count). The molecule has 98 valence electrons. The summed E-state index contributed by atoms with van der Waals surface area (Å²) in [6.07, 6.45) is 1.93. The van der Waals surface area contributed by atoms with Crippen LogP contribution in [0.25, 0.3) is 0 Å². The number of hydrogen-bond acceptors (Lipinski definition) is 4. The summed E-state index contributed by atoms with van der Waals surface area (Å²) in [7, 11) is 0. The van der Waals surface area contributed by atoms with E-state index in [2.05, 4.69) is 29.6 Å². The number of fused-ring (bicyclic) bond motifs is 2. The van der Waals surface area contributed by atoms with Crippen molar-refractivity contribution in [1.29, 1.82) is 0 Å². The normalized spacial score (nSPS) is 12.5. The van der Waals surface area contributed by atoms with Gasteiger partial charge in [0.05, 0.1) is 11.4 Å². The van der Waals surface area contributed by atoms with Crippen LogP contribution < -0.4 is 16.8 Å². The van der Waals surface area contributed by atoms with Crippen LogP contribution in [0.3, 0.4) is 0 Å². The maximum atomic E-state index is 6.00. The van der Waals surface area contributed by atoms with E-state index in [1.165, 1.54) is 26.7 Å². The molecular formula is C15H17N3S. The van der Waals surface area contributed by atoms with E-state index in [9.17, 15) is 0 Å².